The van der Waals surface area contributed by atoms with Gasteiger partial charge in [0.25, 0.3) is 0 Å². The number of nitrogens with two attached hydrogens (primary N) is 1. The van der Waals surface area contributed by atoms with Crippen LogP contribution in [0.3, 0.4) is 0 Å². The third kappa shape index (κ3) is 3.60. The Kier molecular flexibility index (Phi) is 4.74. The Morgan fingerprint density at radius 3 is 2.48 bits per heavy atom. The van der Waals surface area contributed by atoms with Crippen LogP contribution in [0.25, 0.3) is 0 Å². The number of amides is 1. The summed E-state index contributed by atoms with van der Waals surface area (Å²) in [6, 6.07) is 18.2. The summed E-state index contributed by atoms with van der Waals surface area (Å²) in [6.45, 7) is 3.19. The molecule has 4 nitrogen and oxygen atoms in total. The molecular formula is C19H22N2O2. The lowest BCUT2D eigenvalue weighted by molar-refractivity contribution is -0.128. The summed E-state index contributed by atoms with van der Waals surface area (Å²) in [5.41, 5.74) is 8.89. The van der Waals surface area contributed by atoms with E-state index in [1.807, 2.05) is 30.3 Å². The number of nitrogens with one attached hydrogen (secondary N) is 1. The highest BCUT2D eigenvalue weighted by Crippen LogP contribution is 2.31. The molecule has 0 aliphatic carbocycles. The molecule has 2 aromatic rings. The number of primary amides is 1. The molecule has 1 fully saturated rings. The van der Waals surface area contributed by atoms with Crippen molar-refractivity contribution in [3.63, 3.8) is 0 Å². The molecule has 3 rings (SSSR count). The molecular weight excluding hydrogens is 288 g/mol. The van der Waals surface area contributed by atoms with E-state index < -0.39 is 0 Å². The minimum Gasteiger partial charge on any atom is -0.369 e. The number of rotatable bonds is 6. The fourth-order valence-corrected chi connectivity index (χ4v) is 2.89. The zero-order valence-electron chi connectivity index (χ0n) is 13.2. The van der Waals surface area contributed by atoms with Gasteiger partial charge in [0, 0.05) is 6.54 Å². The van der Waals surface area contributed by atoms with Crippen molar-refractivity contribution >= 4 is 5.91 Å². The lowest BCUT2D eigenvalue weighted by Gasteiger charge is -2.41. The molecule has 0 bridgehead atoms. The van der Waals surface area contributed by atoms with Crippen LogP contribution in [0, 0.1) is 12.8 Å². The normalized spacial score (nSPS) is 21.4. The average molecular weight is 310 g/mol. The van der Waals surface area contributed by atoms with Gasteiger partial charge in [-0.05, 0) is 18.1 Å². The average Bonchev–Trinajstić information content (AvgIpc) is 2.52. The highest BCUT2D eigenvalue weighted by atomic mass is 16.5. The van der Waals surface area contributed by atoms with Gasteiger partial charge in [-0.25, -0.2) is 0 Å². The number of hydrogen-bond donors (Lipinski definition) is 2. The fraction of sp³-hybridized carbons (Fsp3) is 0.316. The molecule has 0 spiro atoms. The van der Waals surface area contributed by atoms with Crippen molar-refractivity contribution in [2.45, 2.75) is 25.7 Å². The topological polar surface area (TPSA) is 64.3 Å². The van der Waals surface area contributed by atoms with Gasteiger partial charge < -0.3 is 15.8 Å². The maximum Gasteiger partial charge on any atom is 0.223 e. The number of hydrogen-bond acceptors (Lipinski definition) is 3. The lowest BCUT2D eigenvalue weighted by Crippen LogP contribution is -2.61. The summed E-state index contributed by atoms with van der Waals surface area (Å²) >= 11 is 0. The van der Waals surface area contributed by atoms with Gasteiger partial charge >= 0.3 is 0 Å². The molecule has 0 aromatic heterocycles. The van der Waals surface area contributed by atoms with Crippen LogP contribution in [0.2, 0.25) is 0 Å². The van der Waals surface area contributed by atoms with E-state index in [-0.39, 0.29) is 24.0 Å². The number of benzene rings is 2. The van der Waals surface area contributed by atoms with E-state index in [0.29, 0.717) is 13.2 Å². The predicted molar refractivity (Wildman–Crippen MR) is 89.6 cm³/mol. The third-order valence-electron chi connectivity index (χ3n) is 4.38. The maximum atomic E-state index is 11.6. The first-order chi connectivity index (χ1) is 11.1. The Bertz CT molecular complexity index is 655. The van der Waals surface area contributed by atoms with Crippen molar-refractivity contribution < 1.29 is 9.53 Å². The summed E-state index contributed by atoms with van der Waals surface area (Å²) in [5, 5.41) is 3.30. The first-order valence-electron chi connectivity index (χ1n) is 7.90. The van der Waals surface area contributed by atoms with Crippen LogP contribution < -0.4 is 11.1 Å². The largest absolute Gasteiger partial charge is 0.369 e. The molecule has 0 saturated carbocycles. The first-order valence-corrected chi connectivity index (χ1v) is 7.90. The summed E-state index contributed by atoms with van der Waals surface area (Å²) in [7, 11) is 0. The van der Waals surface area contributed by atoms with Gasteiger partial charge in [-0.3, -0.25) is 4.79 Å². The zero-order valence-corrected chi connectivity index (χ0v) is 13.2. The van der Waals surface area contributed by atoms with Crippen molar-refractivity contribution in [2.75, 3.05) is 6.54 Å². The summed E-state index contributed by atoms with van der Waals surface area (Å²) in [6.07, 6.45) is -0.191. The highest BCUT2D eigenvalue weighted by Gasteiger charge is 2.41. The van der Waals surface area contributed by atoms with Gasteiger partial charge in [0.05, 0.1) is 24.7 Å². The van der Waals surface area contributed by atoms with Crippen molar-refractivity contribution in [1.29, 1.82) is 0 Å². The molecule has 4 heteroatoms. The Hall–Kier alpha value is -2.17. The second kappa shape index (κ2) is 6.94. The van der Waals surface area contributed by atoms with E-state index in [0.717, 1.165) is 11.1 Å². The van der Waals surface area contributed by atoms with Crippen LogP contribution in [0.15, 0.2) is 54.6 Å². The van der Waals surface area contributed by atoms with Crippen LogP contribution in [-0.2, 0) is 16.1 Å². The second-order valence-corrected chi connectivity index (χ2v) is 6.07. The molecule has 3 N–H and O–H groups in total. The standard InChI is InChI=1S/C19H22N2O2/c1-13-7-9-14(10-8-13)12-23-18(15-5-3-2-4-6-15)17-16(11-21-17)19(20)22/h2-10,16-18,21H,11-12H2,1H3,(H2,20,22). The molecule has 120 valence electrons. The van der Waals surface area contributed by atoms with Crippen LogP contribution in [0.5, 0.6) is 0 Å². The second-order valence-electron chi connectivity index (χ2n) is 6.07. The number of carbonyl (C=O) groups excluding carboxylic acids is 1. The van der Waals surface area contributed by atoms with Gasteiger partial charge in [0.15, 0.2) is 0 Å². The van der Waals surface area contributed by atoms with Crippen LogP contribution in [0.1, 0.15) is 22.8 Å². The number of ether oxygens (including phenoxy) is 1. The quantitative estimate of drug-likeness (QED) is 0.860. The first kappa shape index (κ1) is 15.7. The van der Waals surface area contributed by atoms with Gasteiger partial charge in [0.2, 0.25) is 5.91 Å². The SMILES string of the molecule is Cc1ccc(COC(c2ccccc2)C2NCC2C(N)=O)cc1. The smallest absolute Gasteiger partial charge is 0.223 e. The van der Waals surface area contributed by atoms with Crippen LogP contribution >= 0.6 is 0 Å². The molecule has 1 saturated heterocycles. The Morgan fingerprint density at radius 2 is 1.91 bits per heavy atom. The zero-order chi connectivity index (χ0) is 16.2. The molecule has 1 heterocycles. The van der Waals surface area contributed by atoms with Crippen LogP contribution in [-0.4, -0.2) is 18.5 Å². The maximum absolute atomic E-state index is 11.6. The third-order valence-corrected chi connectivity index (χ3v) is 4.38. The molecule has 2 aromatic carbocycles. The van der Waals surface area contributed by atoms with Gasteiger partial charge in [-0.15, -0.1) is 0 Å². The Morgan fingerprint density at radius 1 is 1.22 bits per heavy atom. The molecule has 0 radical (unpaired) electrons. The minimum absolute atomic E-state index is 0.0691. The molecule has 1 amide bonds. The van der Waals surface area contributed by atoms with Crippen molar-refractivity contribution in [3.05, 3.63) is 71.3 Å². The van der Waals surface area contributed by atoms with Crippen molar-refractivity contribution in [2.24, 2.45) is 11.7 Å². The minimum atomic E-state index is -0.270. The van der Waals surface area contributed by atoms with Crippen LogP contribution in [0.4, 0.5) is 0 Å². The van der Waals surface area contributed by atoms with Crippen molar-refractivity contribution in [3.8, 4) is 0 Å². The Labute approximate surface area is 136 Å². The monoisotopic (exact) mass is 310 g/mol. The van der Waals surface area contributed by atoms with Gasteiger partial charge in [0.1, 0.15) is 0 Å². The van der Waals surface area contributed by atoms with E-state index in [2.05, 4.69) is 36.5 Å². The summed E-state index contributed by atoms with van der Waals surface area (Å²) < 4.78 is 6.17. The molecule has 3 atom stereocenters. The molecule has 1 aliphatic heterocycles. The fourth-order valence-electron chi connectivity index (χ4n) is 2.89. The Balaban J connectivity index is 1.75. The van der Waals surface area contributed by atoms with E-state index in [9.17, 15) is 4.79 Å². The number of aryl methyl sites for hydroxylation is 1. The molecule has 1 aliphatic rings. The molecule has 23 heavy (non-hydrogen) atoms. The predicted octanol–water partition coefficient (Wildman–Crippen LogP) is 2.33. The number of carbonyl (C=O) groups is 1. The molecule has 3 unspecified atom stereocenters. The summed E-state index contributed by atoms with van der Waals surface area (Å²) in [4.78, 5) is 11.6. The van der Waals surface area contributed by atoms with Gasteiger partial charge in [-0.1, -0.05) is 60.2 Å². The van der Waals surface area contributed by atoms with E-state index in [4.69, 9.17) is 10.5 Å². The van der Waals surface area contributed by atoms with Gasteiger partial charge in [-0.2, -0.15) is 0 Å². The summed E-state index contributed by atoms with van der Waals surface area (Å²) in [5.74, 6) is -0.452. The van der Waals surface area contributed by atoms with Crippen molar-refractivity contribution in [1.82, 2.24) is 5.32 Å². The highest BCUT2D eigenvalue weighted by molar-refractivity contribution is 5.79. The lowest BCUT2D eigenvalue weighted by atomic mass is 9.84. The van der Waals surface area contributed by atoms with E-state index >= 15 is 0 Å². The van der Waals surface area contributed by atoms with E-state index in [1.165, 1.54) is 5.56 Å². The van der Waals surface area contributed by atoms with E-state index in [1.54, 1.807) is 0 Å².